The van der Waals surface area contributed by atoms with Crippen LogP contribution in [0.2, 0.25) is 0 Å². The molecule has 2 N–H and O–H groups in total. The molecule has 154 valence electrons. The normalized spacial score (nSPS) is 10.8. The van der Waals surface area contributed by atoms with Crippen LogP contribution in [0.25, 0.3) is 0 Å². The number of halogens is 1. The standard InChI is InChI=1S/C21H29N3O3.HI/c1-4-26-16-18-8-6-5-7-17(18)15-24-21(22-2)23-13-14-27-20-11-9-19(25-3)10-12-20;/h5-12H,4,13-16H2,1-3H3,(H2,22,23,24);1H. The summed E-state index contributed by atoms with van der Waals surface area (Å²) in [5, 5.41) is 6.58. The van der Waals surface area contributed by atoms with E-state index in [4.69, 9.17) is 14.2 Å². The van der Waals surface area contributed by atoms with Crippen molar-refractivity contribution in [1.29, 1.82) is 0 Å². The van der Waals surface area contributed by atoms with Crippen molar-refractivity contribution >= 4 is 29.9 Å². The number of methoxy groups -OCH3 is 1. The summed E-state index contributed by atoms with van der Waals surface area (Å²) in [7, 11) is 3.40. The number of guanidine groups is 1. The van der Waals surface area contributed by atoms with E-state index in [2.05, 4.69) is 27.8 Å². The maximum atomic E-state index is 5.71. The van der Waals surface area contributed by atoms with Gasteiger partial charge in [0, 0.05) is 20.2 Å². The summed E-state index contributed by atoms with van der Waals surface area (Å²) in [4.78, 5) is 4.25. The molecule has 28 heavy (non-hydrogen) atoms. The van der Waals surface area contributed by atoms with E-state index in [0.29, 0.717) is 32.9 Å². The molecular formula is C21H30IN3O3. The Kier molecular flexibility index (Phi) is 12.1. The van der Waals surface area contributed by atoms with Crippen molar-refractivity contribution in [3.05, 3.63) is 59.7 Å². The average molecular weight is 499 g/mol. The molecule has 0 amide bonds. The van der Waals surface area contributed by atoms with Crippen LogP contribution in [0.15, 0.2) is 53.5 Å². The molecule has 0 aliphatic carbocycles. The van der Waals surface area contributed by atoms with Crippen molar-refractivity contribution in [3.63, 3.8) is 0 Å². The van der Waals surface area contributed by atoms with Gasteiger partial charge in [0.15, 0.2) is 5.96 Å². The molecule has 0 bridgehead atoms. The lowest BCUT2D eigenvalue weighted by molar-refractivity contribution is 0.133. The molecule has 7 heteroatoms. The molecular weight excluding hydrogens is 469 g/mol. The first-order chi connectivity index (χ1) is 13.3. The topological polar surface area (TPSA) is 64.1 Å². The van der Waals surface area contributed by atoms with Crippen LogP contribution < -0.4 is 20.1 Å². The number of nitrogens with zero attached hydrogens (tertiary/aromatic N) is 1. The number of benzene rings is 2. The zero-order valence-electron chi connectivity index (χ0n) is 16.7. The Morgan fingerprint density at radius 3 is 2.29 bits per heavy atom. The fourth-order valence-corrected chi connectivity index (χ4v) is 2.49. The van der Waals surface area contributed by atoms with Crippen molar-refractivity contribution in [2.45, 2.75) is 20.1 Å². The van der Waals surface area contributed by atoms with Crippen LogP contribution in [-0.4, -0.2) is 39.9 Å². The first-order valence-corrected chi connectivity index (χ1v) is 9.12. The van der Waals surface area contributed by atoms with Gasteiger partial charge in [-0.15, -0.1) is 24.0 Å². The molecule has 0 fully saturated rings. The summed E-state index contributed by atoms with van der Waals surface area (Å²) in [5.74, 6) is 2.36. The fourth-order valence-electron chi connectivity index (χ4n) is 2.49. The number of rotatable bonds is 10. The third-order valence-electron chi connectivity index (χ3n) is 3.97. The summed E-state index contributed by atoms with van der Waals surface area (Å²) < 4.78 is 16.4. The van der Waals surface area contributed by atoms with E-state index in [1.807, 2.05) is 43.3 Å². The average Bonchev–Trinajstić information content (AvgIpc) is 2.72. The minimum Gasteiger partial charge on any atom is -0.497 e. The predicted molar refractivity (Wildman–Crippen MR) is 124 cm³/mol. The smallest absolute Gasteiger partial charge is 0.191 e. The van der Waals surface area contributed by atoms with E-state index in [9.17, 15) is 0 Å². The van der Waals surface area contributed by atoms with Crippen LogP contribution in [0, 0.1) is 0 Å². The van der Waals surface area contributed by atoms with Crippen LogP contribution in [0.1, 0.15) is 18.1 Å². The van der Waals surface area contributed by atoms with Crippen LogP contribution in [0.4, 0.5) is 0 Å². The molecule has 0 spiro atoms. The number of nitrogens with one attached hydrogen (secondary N) is 2. The summed E-state index contributed by atoms with van der Waals surface area (Å²) >= 11 is 0. The number of aliphatic imine (C=N–C) groups is 1. The fraction of sp³-hybridized carbons (Fsp3) is 0.381. The molecule has 0 atom stereocenters. The highest BCUT2D eigenvalue weighted by Crippen LogP contribution is 2.16. The van der Waals surface area contributed by atoms with Crippen molar-refractivity contribution in [1.82, 2.24) is 10.6 Å². The first kappa shape index (κ1) is 24.0. The lowest BCUT2D eigenvalue weighted by Gasteiger charge is -2.14. The number of hydrogen-bond acceptors (Lipinski definition) is 4. The van der Waals surface area contributed by atoms with Gasteiger partial charge in [-0.2, -0.15) is 0 Å². The summed E-state index contributed by atoms with van der Waals surface area (Å²) in [6.45, 7) is 5.19. The number of hydrogen-bond donors (Lipinski definition) is 2. The predicted octanol–water partition coefficient (Wildman–Crippen LogP) is 3.59. The van der Waals surface area contributed by atoms with Gasteiger partial charge in [0.05, 0.1) is 20.3 Å². The summed E-state index contributed by atoms with van der Waals surface area (Å²) in [6, 6.07) is 15.8. The molecule has 0 radical (unpaired) electrons. The van der Waals surface area contributed by atoms with E-state index in [-0.39, 0.29) is 24.0 Å². The first-order valence-electron chi connectivity index (χ1n) is 9.12. The van der Waals surface area contributed by atoms with Gasteiger partial charge in [-0.3, -0.25) is 4.99 Å². The molecule has 0 aliphatic heterocycles. The SMILES string of the molecule is CCOCc1ccccc1CNC(=NC)NCCOc1ccc(OC)cc1.I. The van der Waals surface area contributed by atoms with Crippen LogP contribution in [0.3, 0.4) is 0 Å². The van der Waals surface area contributed by atoms with E-state index in [1.54, 1.807) is 14.2 Å². The Hall–Kier alpha value is -2.00. The zero-order chi connectivity index (χ0) is 19.3. The van der Waals surface area contributed by atoms with E-state index >= 15 is 0 Å². The Balaban J connectivity index is 0.00000392. The Bertz CT molecular complexity index is 708. The number of ether oxygens (including phenoxy) is 3. The molecule has 0 aliphatic rings. The quantitative estimate of drug-likeness (QED) is 0.227. The minimum atomic E-state index is 0. The largest absolute Gasteiger partial charge is 0.497 e. The molecule has 0 saturated carbocycles. The summed E-state index contributed by atoms with van der Waals surface area (Å²) in [6.07, 6.45) is 0. The maximum Gasteiger partial charge on any atom is 0.191 e. The third kappa shape index (κ3) is 8.35. The Labute approximate surface area is 184 Å². The highest BCUT2D eigenvalue weighted by atomic mass is 127. The van der Waals surface area contributed by atoms with Gasteiger partial charge in [-0.25, -0.2) is 0 Å². The van der Waals surface area contributed by atoms with Crippen molar-refractivity contribution < 1.29 is 14.2 Å². The highest BCUT2D eigenvalue weighted by molar-refractivity contribution is 14.0. The van der Waals surface area contributed by atoms with Crippen LogP contribution >= 0.6 is 24.0 Å². The van der Waals surface area contributed by atoms with E-state index in [1.165, 1.54) is 11.1 Å². The van der Waals surface area contributed by atoms with E-state index < -0.39 is 0 Å². The van der Waals surface area contributed by atoms with Gasteiger partial charge in [0.1, 0.15) is 18.1 Å². The van der Waals surface area contributed by atoms with Crippen molar-refractivity contribution in [2.75, 3.05) is 33.9 Å². The zero-order valence-corrected chi connectivity index (χ0v) is 19.1. The van der Waals surface area contributed by atoms with Crippen molar-refractivity contribution in [3.8, 4) is 11.5 Å². The molecule has 2 aromatic rings. The van der Waals surface area contributed by atoms with Gasteiger partial charge >= 0.3 is 0 Å². The minimum absolute atomic E-state index is 0. The maximum absolute atomic E-state index is 5.71. The van der Waals surface area contributed by atoms with Gasteiger partial charge in [0.2, 0.25) is 0 Å². The summed E-state index contributed by atoms with van der Waals surface area (Å²) in [5.41, 5.74) is 2.38. The Morgan fingerprint density at radius 1 is 0.964 bits per heavy atom. The third-order valence-corrected chi connectivity index (χ3v) is 3.97. The molecule has 2 rings (SSSR count). The molecule has 0 unspecified atom stereocenters. The second-order valence-corrected chi connectivity index (χ2v) is 5.78. The second kappa shape index (κ2) is 14.1. The monoisotopic (exact) mass is 499 g/mol. The van der Waals surface area contributed by atoms with Crippen LogP contribution in [0.5, 0.6) is 11.5 Å². The van der Waals surface area contributed by atoms with Gasteiger partial charge in [-0.1, -0.05) is 24.3 Å². The molecule has 0 saturated heterocycles. The lowest BCUT2D eigenvalue weighted by atomic mass is 10.1. The molecule has 2 aromatic carbocycles. The second-order valence-electron chi connectivity index (χ2n) is 5.78. The highest BCUT2D eigenvalue weighted by Gasteiger charge is 2.04. The molecule has 6 nitrogen and oxygen atoms in total. The molecule has 0 heterocycles. The van der Waals surface area contributed by atoms with Gasteiger partial charge in [-0.05, 0) is 42.3 Å². The van der Waals surface area contributed by atoms with Crippen molar-refractivity contribution in [2.24, 2.45) is 4.99 Å². The Morgan fingerprint density at radius 2 is 1.64 bits per heavy atom. The molecule has 0 aromatic heterocycles. The van der Waals surface area contributed by atoms with E-state index in [0.717, 1.165) is 17.5 Å². The van der Waals surface area contributed by atoms with Gasteiger partial charge < -0.3 is 24.8 Å². The lowest BCUT2D eigenvalue weighted by Crippen LogP contribution is -2.39. The van der Waals surface area contributed by atoms with Crippen LogP contribution in [-0.2, 0) is 17.9 Å². The van der Waals surface area contributed by atoms with Gasteiger partial charge in [0.25, 0.3) is 0 Å².